The van der Waals surface area contributed by atoms with Gasteiger partial charge >= 0.3 is 0 Å². The third kappa shape index (κ3) is 2.28. The first-order chi connectivity index (χ1) is 16.7. The summed E-state index contributed by atoms with van der Waals surface area (Å²) in [5.41, 5.74) is 2.98. The second-order valence-electron chi connectivity index (χ2n) is 18.3. The highest BCUT2D eigenvalue weighted by Crippen LogP contribution is 3.02. The topological polar surface area (TPSA) is 0 Å². The predicted molar refractivity (Wildman–Crippen MR) is 161 cm³/mol. The zero-order valence-electron chi connectivity index (χ0n) is 28.2. The van der Waals surface area contributed by atoms with Crippen molar-refractivity contribution in [1.29, 1.82) is 0 Å². The smallest absolute Gasteiger partial charge is 0.0114 e. The van der Waals surface area contributed by atoms with Crippen molar-refractivity contribution in [1.82, 2.24) is 0 Å². The quantitative estimate of drug-likeness (QED) is 0.329. The molecule has 4 bridgehead atoms. The van der Waals surface area contributed by atoms with Gasteiger partial charge in [-0.25, -0.2) is 0 Å². The van der Waals surface area contributed by atoms with Crippen LogP contribution in [0.25, 0.3) is 0 Å². The largest absolute Gasteiger partial charge is 0.0651 e. The molecule has 5 rings (SSSR count). The van der Waals surface area contributed by atoms with Gasteiger partial charge in [0.2, 0.25) is 0 Å². The van der Waals surface area contributed by atoms with Gasteiger partial charge in [0, 0.05) is 0 Å². The summed E-state index contributed by atoms with van der Waals surface area (Å²) in [6.07, 6.45) is 7.22. The molecule has 0 aromatic heterocycles. The summed E-state index contributed by atoms with van der Waals surface area (Å²) >= 11 is 0. The predicted octanol–water partition coefficient (Wildman–Crippen LogP) is 11.1. The highest BCUT2D eigenvalue weighted by atomic mass is 15.0. The Morgan fingerprint density at radius 2 is 1.11 bits per heavy atom. The molecule has 13 atom stereocenters. The fourth-order valence-corrected chi connectivity index (χ4v) is 15.8. The molecule has 5 aliphatic carbocycles. The van der Waals surface area contributed by atoms with Gasteiger partial charge in [-0.2, -0.15) is 0 Å². The van der Waals surface area contributed by atoms with Crippen molar-refractivity contribution in [2.45, 2.75) is 143 Å². The number of fused-ring (bicyclic) bond motifs is 1. The Balaban J connectivity index is 1.85. The molecule has 214 valence electrons. The molecule has 13 unspecified atom stereocenters. The van der Waals surface area contributed by atoms with Crippen molar-refractivity contribution in [2.75, 3.05) is 0 Å². The van der Waals surface area contributed by atoms with Crippen molar-refractivity contribution < 1.29 is 0 Å². The van der Waals surface area contributed by atoms with E-state index < -0.39 is 0 Å². The molecule has 0 aromatic rings. The van der Waals surface area contributed by atoms with Crippen LogP contribution in [0.2, 0.25) is 0 Å². The van der Waals surface area contributed by atoms with Crippen LogP contribution in [-0.4, -0.2) is 0 Å². The fourth-order valence-electron chi connectivity index (χ4n) is 15.8. The molecular weight excluding hydrogens is 444 g/mol. The minimum atomic E-state index is 0.301. The van der Waals surface area contributed by atoms with E-state index in [4.69, 9.17) is 0 Å². The maximum absolute atomic E-state index is 2.85. The van der Waals surface area contributed by atoms with Crippen LogP contribution >= 0.6 is 0 Å². The van der Waals surface area contributed by atoms with Gasteiger partial charge in [-0.05, 0) is 110 Å². The minimum Gasteiger partial charge on any atom is -0.0651 e. The molecule has 0 aliphatic heterocycles. The highest BCUT2D eigenvalue weighted by Gasteiger charge is 2.97. The molecule has 0 heteroatoms. The molecular formula is C37H66. The van der Waals surface area contributed by atoms with Crippen molar-refractivity contribution in [3.05, 3.63) is 0 Å². The van der Waals surface area contributed by atoms with Crippen LogP contribution in [0, 0.1) is 90.7 Å². The van der Waals surface area contributed by atoms with Gasteiger partial charge in [-0.1, -0.05) is 124 Å². The van der Waals surface area contributed by atoms with Gasteiger partial charge in [0.25, 0.3) is 0 Å². The van der Waals surface area contributed by atoms with Crippen LogP contribution in [0.5, 0.6) is 0 Å². The van der Waals surface area contributed by atoms with Crippen LogP contribution in [-0.2, 0) is 0 Å². The van der Waals surface area contributed by atoms with E-state index in [0.29, 0.717) is 43.3 Å². The molecule has 0 heterocycles. The van der Waals surface area contributed by atoms with Crippen LogP contribution in [0.1, 0.15) is 143 Å². The van der Waals surface area contributed by atoms with E-state index in [-0.39, 0.29) is 0 Å². The van der Waals surface area contributed by atoms with Gasteiger partial charge in [-0.15, -0.1) is 0 Å². The third-order valence-corrected chi connectivity index (χ3v) is 19.1. The van der Waals surface area contributed by atoms with E-state index in [1.807, 2.05) is 0 Å². The lowest BCUT2D eigenvalue weighted by Gasteiger charge is -3.00. The standard InChI is InChI=1S/C37H66/c1-17-28-19-18-22(2)24(4)25(5)23(3)20-36-21-29(28)37-27(7)34(36,15)33(14,26(36)6)32(12,13)35(37,16)30(8,9)31(37,10)11/h22-29H,17-21H2,1-16H3. The van der Waals surface area contributed by atoms with E-state index in [1.54, 1.807) is 0 Å². The molecule has 37 heavy (non-hydrogen) atoms. The third-order valence-electron chi connectivity index (χ3n) is 19.1. The van der Waals surface area contributed by atoms with E-state index in [9.17, 15) is 0 Å². The number of rotatable bonds is 1. The molecule has 0 aromatic carbocycles. The lowest BCUT2D eigenvalue weighted by atomic mass is 9.03. The average Bonchev–Trinajstić information content (AvgIpc) is 2.84. The van der Waals surface area contributed by atoms with Crippen molar-refractivity contribution in [2.24, 2.45) is 90.7 Å². The fraction of sp³-hybridized carbons (Fsp3) is 1.00. The Morgan fingerprint density at radius 1 is 0.568 bits per heavy atom. The maximum atomic E-state index is 2.85. The Hall–Kier alpha value is 0. The van der Waals surface area contributed by atoms with Crippen LogP contribution in [0.15, 0.2) is 0 Å². The summed E-state index contributed by atoms with van der Waals surface area (Å²) in [5, 5.41) is 0. The van der Waals surface area contributed by atoms with Crippen molar-refractivity contribution in [3.63, 3.8) is 0 Å². The summed E-state index contributed by atoms with van der Waals surface area (Å²) in [6, 6.07) is 0. The van der Waals surface area contributed by atoms with E-state index >= 15 is 0 Å². The number of hydrogen-bond acceptors (Lipinski definition) is 0. The molecule has 0 N–H and O–H groups in total. The van der Waals surface area contributed by atoms with E-state index in [2.05, 4.69) is 111 Å². The van der Waals surface area contributed by atoms with Crippen LogP contribution in [0.4, 0.5) is 0 Å². The molecule has 0 nitrogen and oxygen atoms in total. The minimum absolute atomic E-state index is 0.301. The van der Waals surface area contributed by atoms with Crippen molar-refractivity contribution in [3.8, 4) is 0 Å². The summed E-state index contributed by atoms with van der Waals surface area (Å²) in [4.78, 5) is 0. The lowest BCUT2D eigenvalue weighted by Crippen LogP contribution is -2.96. The Labute approximate surface area is 233 Å². The summed E-state index contributed by atoms with van der Waals surface area (Å²) in [7, 11) is 0. The molecule has 2 spiro atoms. The summed E-state index contributed by atoms with van der Waals surface area (Å²) in [6.45, 7) is 43.4. The van der Waals surface area contributed by atoms with Gasteiger partial charge in [0.1, 0.15) is 0 Å². The molecule has 5 aliphatic rings. The zero-order chi connectivity index (χ0) is 28.2. The first kappa shape index (κ1) is 28.5. The zero-order valence-corrected chi connectivity index (χ0v) is 28.2. The molecule has 0 amide bonds. The highest BCUT2D eigenvalue weighted by molar-refractivity contribution is 5.44. The Kier molecular flexibility index (Phi) is 5.73. The van der Waals surface area contributed by atoms with Crippen molar-refractivity contribution >= 4 is 0 Å². The second-order valence-corrected chi connectivity index (χ2v) is 18.3. The van der Waals surface area contributed by atoms with Crippen LogP contribution in [0.3, 0.4) is 0 Å². The van der Waals surface area contributed by atoms with Gasteiger partial charge in [-0.3, -0.25) is 0 Å². The first-order valence-corrected chi connectivity index (χ1v) is 16.7. The second kappa shape index (κ2) is 7.44. The Morgan fingerprint density at radius 3 is 1.65 bits per heavy atom. The Bertz CT molecular complexity index is 953. The normalized spacial score (nSPS) is 61.3. The lowest BCUT2D eigenvalue weighted by molar-refractivity contribution is -0.536. The van der Waals surface area contributed by atoms with Gasteiger partial charge < -0.3 is 0 Å². The molecule has 5 fully saturated rings. The summed E-state index contributed by atoms with van der Waals surface area (Å²) in [5.74, 6) is 6.57. The number of hydrogen-bond donors (Lipinski definition) is 0. The monoisotopic (exact) mass is 511 g/mol. The van der Waals surface area contributed by atoms with E-state index in [1.165, 1.54) is 32.1 Å². The van der Waals surface area contributed by atoms with E-state index in [0.717, 1.165) is 47.3 Å². The molecule has 0 saturated heterocycles. The average molecular weight is 511 g/mol. The summed E-state index contributed by atoms with van der Waals surface area (Å²) < 4.78 is 0. The SMILES string of the molecule is CCC1CCC(C)C(C)C(C)C(C)CC23CC1C14C(C)C2(C)C(C)(C3C)C(C)(C)C1(C)C(C)(C)C4(C)C. The maximum Gasteiger partial charge on any atom is -0.0114 e. The van der Waals surface area contributed by atoms with Gasteiger partial charge in [0.15, 0.2) is 0 Å². The molecule has 5 saturated carbocycles. The van der Waals surface area contributed by atoms with Gasteiger partial charge in [0.05, 0.1) is 0 Å². The molecule has 0 radical (unpaired) electrons. The first-order valence-electron chi connectivity index (χ1n) is 16.7. The van der Waals surface area contributed by atoms with Crippen LogP contribution < -0.4 is 0 Å².